The molecule has 4 aliphatic heterocycles. The van der Waals surface area contributed by atoms with Crippen LogP contribution in [-0.4, -0.2) is 119 Å². The average Bonchev–Trinajstić information content (AvgIpc) is 1.55. The highest BCUT2D eigenvalue weighted by molar-refractivity contribution is 6.32. The van der Waals surface area contributed by atoms with Gasteiger partial charge in [0.1, 0.15) is 17.5 Å². The molecule has 2 amide bonds. The number of carbonyl (C=O) groups excluding carboxylic acids is 4. The molecular formula is C89H100Cl5F3N4O12. The zero-order valence-corrected chi connectivity index (χ0v) is 66.6. The maximum atomic E-state index is 16.6. The van der Waals surface area contributed by atoms with E-state index >= 15 is 13.2 Å². The van der Waals surface area contributed by atoms with Crippen LogP contribution in [0.2, 0.25) is 25.1 Å². The zero-order valence-electron chi connectivity index (χ0n) is 62.8. The predicted octanol–water partition coefficient (Wildman–Crippen LogP) is 19.6. The molecule has 13 rings (SSSR count). The number of likely N-dealkylation sites (tertiary alicyclic amines) is 1. The summed E-state index contributed by atoms with van der Waals surface area (Å²) in [5.41, 5.74) is -3.57. The van der Waals surface area contributed by atoms with Crippen molar-refractivity contribution in [3.05, 3.63) is 278 Å². The van der Waals surface area contributed by atoms with Crippen LogP contribution in [0.15, 0.2) is 158 Å². The number of methoxy groups -OCH3 is 3. The molecule has 1 aliphatic carbocycles. The first-order chi connectivity index (χ1) is 53.1. The third-order valence-electron chi connectivity index (χ3n) is 23.3. The fourth-order valence-corrected chi connectivity index (χ4v) is 17.8. The predicted molar refractivity (Wildman–Crippen MR) is 436 cm³/mol. The lowest BCUT2D eigenvalue weighted by molar-refractivity contribution is -0.141. The van der Waals surface area contributed by atoms with Gasteiger partial charge in [-0.15, -0.1) is 0 Å². The molecule has 0 aromatic heterocycles. The number of hydrogen-bond acceptors (Lipinski definition) is 13. The number of nitrogens with one attached hydrogen (secondary N) is 1. The van der Waals surface area contributed by atoms with Gasteiger partial charge in [0, 0.05) is 75.7 Å². The minimum Gasteiger partial charge on any atom is -0.478 e. The third kappa shape index (κ3) is 18.0. The van der Waals surface area contributed by atoms with Crippen LogP contribution in [0, 0.1) is 35.2 Å². The Labute approximate surface area is 685 Å². The Kier molecular flexibility index (Phi) is 29.9. The van der Waals surface area contributed by atoms with Crippen molar-refractivity contribution in [2.24, 2.45) is 17.8 Å². The summed E-state index contributed by atoms with van der Waals surface area (Å²) in [6, 6.07) is 42.2. The Morgan fingerprint density at radius 2 is 0.867 bits per heavy atom. The van der Waals surface area contributed by atoms with Gasteiger partial charge in [-0.2, -0.15) is 0 Å². The number of piperidine rings is 2. The molecule has 3 fully saturated rings. The van der Waals surface area contributed by atoms with Crippen LogP contribution in [0.1, 0.15) is 216 Å². The molecule has 1 saturated carbocycles. The minimum absolute atomic E-state index is 0. The maximum Gasteiger partial charge on any atom is 0.336 e. The molecule has 0 spiro atoms. The van der Waals surface area contributed by atoms with Crippen LogP contribution in [0.5, 0.6) is 0 Å². The van der Waals surface area contributed by atoms with Crippen molar-refractivity contribution in [3.8, 4) is 0 Å². The molecule has 5 aliphatic rings. The van der Waals surface area contributed by atoms with Gasteiger partial charge in [-0.05, 0) is 239 Å². The number of hydrogen-bond donors (Lipinski definition) is 5. The summed E-state index contributed by atoms with van der Waals surface area (Å²) in [6.45, 7) is 9.39. The molecule has 16 nitrogen and oxygen atoms in total. The highest BCUT2D eigenvalue weighted by Crippen LogP contribution is 2.53. The number of esters is 1. The topological polar surface area (TPSA) is 216 Å². The number of rotatable bonds is 23. The molecular weight excluding hydrogens is 1550 g/mol. The van der Waals surface area contributed by atoms with Gasteiger partial charge < -0.3 is 44.9 Å². The molecule has 8 aromatic rings. The molecule has 113 heavy (non-hydrogen) atoms. The van der Waals surface area contributed by atoms with Crippen molar-refractivity contribution in [1.29, 1.82) is 0 Å². The van der Waals surface area contributed by atoms with Crippen LogP contribution < -0.4 is 5.32 Å². The van der Waals surface area contributed by atoms with Crippen molar-refractivity contribution < 1.29 is 71.8 Å². The van der Waals surface area contributed by atoms with Crippen LogP contribution in [0.3, 0.4) is 0 Å². The summed E-state index contributed by atoms with van der Waals surface area (Å²) in [5.74, 6) is -5.65. The Bertz CT molecular complexity index is 4680. The number of nitrogens with zero attached hydrogens (tertiary/aromatic N) is 3. The van der Waals surface area contributed by atoms with Crippen molar-refractivity contribution in [2.75, 3.05) is 54.1 Å². The molecule has 0 bridgehead atoms. The molecule has 24 heteroatoms. The van der Waals surface area contributed by atoms with E-state index in [0.29, 0.717) is 106 Å². The number of aromatic carboxylic acids is 1. The van der Waals surface area contributed by atoms with E-state index in [1.807, 2.05) is 38.1 Å². The standard InChI is InChI=1S/C34H37Cl2FN2O5.C30H31Cl2FN2O3.C23H24ClFO4.2CH4/c1-4-33(42,23-13-16-38(17-14-23)18-15-30(40)43-2)25-19-28-31(29(37)20-25)34(44-3,24-7-11-27(36)12-8-24)39(32(28)41)21-22-5-9-26(35)10-6-22;1-3-29(37,20-12-14-34-15-13-20)22-16-25-27(26(33)17-22)30(38-2,21-6-10-24(32)11-7-21)35(28(25)36)18-19-4-8-23(31)9-5-19;1-2-23(29,15-6-4-3-5-7-15)16-12-18(22(27)28)20(19(25)13-16)21(26)14-8-10-17(24)11-9-14;;/h5-12,19-20,23,42H,4,13-18,21H2,1-3H3;4-11,16-17,20,34,37H,3,12-15,18H2,1-2H3;8-13,15,29H,2-7H2,1H3,(H,27,28);2*1H4/t33-,34+;29-,30?;23-;;/m000../s1. The Hall–Kier alpha value is -7.73. The molecule has 2 saturated heterocycles. The minimum atomic E-state index is -1.57. The van der Waals surface area contributed by atoms with Gasteiger partial charge in [0.25, 0.3) is 11.8 Å². The molecule has 604 valence electrons. The smallest absolute Gasteiger partial charge is 0.336 e. The van der Waals surface area contributed by atoms with Crippen molar-refractivity contribution in [1.82, 2.24) is 20.0 Å². The first kappa shape index (κ1) is 89.2. The number of ketones is 1. The summed E-state index contributed by atoms with van der Waals surface area (Å²) in [5, 5.41) is 50.9. The van der Waals surface area contributed by atoms with Crippen LogP contribution in [0.25, 0.3) is 0 Å². The van der Waals surface area contributed by atoms with Gasteiger partial charge in [0.15, 0.2) is 17.2 Å². The number of halogens is 8. The van der Waals surface area contributed by atoms with E-state index in [1.54, 1.807) is 91.9 Å². The maximum absolute atomic E-state index is 16.6. The first-order valence-electron chi connectivity index (χ1n) is 37.6. The summed E-state index contributed by atoms with van der Waals surface area (Å²) in [4.78, 5) is 69.9. The number of carbonyl (C=O) groups is 5. The number of amides is 2. The van der Waals surface area contributed by atoms with Crippen molar-refractivity contribution >= 4 is 87.5 Å². The van der Waals surface area contributed by atoms with Gasteiger partial charge in [-0.1, -0.05) is 161 Å². The van der Waals surface area contributed by atoms with Crippen molar-refractivity contribution in [3.63, 3.8) is 0 Å². The number of carboxylic acids is 1. The Morgan fingerprint density at radius 3 is 1.25 bits per heavy atom. The van der Waals surface area contributed by atoms with Gasteiger partial charge in [-0.25, -0.2) is 18.0 Å². The number of ether oxygens (including phenoxy) is 3. The van der Waals surface area contributed by atoms with Crippen LogP contribution in [0.4, 0.5) is 13.2 Å². The SMILES string of the molecule is C.C.CC[C@@](O)(c1cc(F)c(C(=O)c2ccc(Cl)cc2)c(C(=O)O)c1)C1CCCCC1.CC[C@@](O)(c1cc(F)c2c(c1)C(=O)N(Cc1ccc(Cl)cc1)C2(OC)c1ccc(Cl)cc1)C1CCNCC1.CC[C@@](O)(c1cc(F)c2c(c1)C(=O)N(Cc1ccc(Cl)cc1)[C@@]2(OC)c1ccc(Cl)cc1)C1CCN(CCC(=O)OC)CC1. The third-order valence-corrected chi connectivity index (χ3v) is 24.6. The summed E-state index contributed by atoms with van der Waals surface area (Å²) >= 11 is 30.4. The van der Waals surface area contributed by atoms with E-state index in [2.05, 4.69) is 10.2 Å². The molecule has 1 unspecified atom stereocenters. The van der Waals surface area contributed by atoms with Gasteiger partial charge in [-0.3, -0.25) is 29.0 Å². The van der Waals surface area contributed by atoms with E-state index in [4.69, 9.17) is 72.2 Å². The van der Waals surface area contributed by atoms with E-state index in [1.165, 1.54) is 73.6 Å². The zero-order chi connectivity index (χ0) is 79.9. The van der Waals surface area contributed by atoms with E-state index in [9.17, 15) is 44.4 Å². The fraction of sp³-hybridized carbons (Fsp3) is 0.404. The summed E-state index contributed by atoms with van der Waals surface area (Å²) in [7, 11) is 4.30. The Balaban J connectivity index is 0.000000197. The number of fused-ring (bicyclic) bond motifs is 2. The fourth-order valence-electron chi connectivity index (χ4n) is 17.2. The monoisotopic (exact) mass is 1650 g/mol. The molecule has 5 atom stereocenters. The Morgan fingerprint density at radius 1 is 0.504 bits per heavy atom. The normalized spacial score (nSPS) is 19.5. The van der Waals surface area contributed by atoms with E-state index in [-0.39, 0.29) is 91.0 Å². The van der Waals surface area contributed by atoms with Crippen LogP contribution >= 0.6 is 58.0 Å². The summed E-state index contributed by atoms with van der Waals surface area (Å²) in [6.07, 6.45) is 8.92. The van der Waals surface area contributed by atoms with E-state index in [0.717, 1.165) is 75.2 Å². The number of benzene rings is 8. The number of carboxylic acid groups (broad SMARTS) is 1. The molecule has 0 radical (unpaired) electrons. The quantitative estimate of drug-likeness (QED) is 0.0298. The average molecular weight is 1650 g/mol. The largest absolute Gasteiger partial charge is 0.478 e. The first-order valence-corrected chi connectivity index (χ1v) is 39.5. The second kappa shape index (κ2) is 37.9. The van der Waals surface area contributed by atoms with Gasteiger partial charge in [0.2, 0.25) is 0 Å². The van der Waals surface area contributed by atoms with E-state index < -0.39 is 74.5 Å². The summed E-state index contributed by atoms with van der Waals surface area (Å²) < 4.78 is 65.0. The second-order valence-corrected chi connectivity index (χ2v) is 31.3. The molecule has 5 N–H and O–H groups in total. The lowest BCUT2D eigenvalue weighted by Crippen LogP contribution is -2.46. The number of aliphatic hydroxyl groups is 3. The lowest BCUT2D eigenvalue weighted by atomic mass is 9.71. The van der Waals surface area contributed by atoms with Gasteiger partial charge >= 0.3 is 11.9 Å². The molecule has 8 aromatic carbocycles. The van der Waals surface area contributed by atoms with Gasteiger partial charge in [0.05, 0.1) is 63.7 Å². The molecule has 4 heterocycles. The van der Waals surface area contributed by atoms with Crippen LogP contribution in [-0.2, 0) is 60.3 Å². The van der Waals surface area contributed by atoms with Crippen molar-refractivity contribution in [2.45, 2.75) is 160 Å². The second-order valence-electron chi connectivity index (χ2n) is 29.2. The highest BCUT2D eigenvalue weighted by Gasteiger charge is 2.57. The highest BCUT2D eigenvalue weighted by atomic mass is 35.5. The lowest BCUT2D eigenvalue weighted by Gasteiger charge is -2.42.